The van der Waals surface area contributed by atoms with Crippen LogP contribution in [0.15, 0.2) is 11.3 Å². The van der Waals surface area contributed by atoms with Crippen LogP contribution in [0, 0.1) is 0 Å². The summed E-state index contributed by atoms with van der Waals surface area (Å²) >= 11 is 1.16. The van der Waals surface area contributed by atoms with E-state index in [9.17, 15) is 14.4 Å². The second kappa shape index (κ2) is 7.27. The second-order valence-electron chi connectivity index (χ2n) is 4.54. The molecule has 1 atom stereocenters. The fourth-order valence-electron chi connectivity index (χ4n) is 2.01. The van der Waals surface area contributed by atoms with Gasteiger partial charge < -0.3 is 15.0 Å². The van der Waals surface area contributed by atoms with Crippen molar-refractivity contribution in [1.29, 1.82) is 0 Å². The Morgan fingerprint density at radius 3 is 2.91 bits per heavy atom. The monoisotopic (exact) mass is 339 g/mol. The van der Waals surface area contributed by atoms with Crippen molar-refractivity contribution in [3.05, 3.63) is 12.0 Å². The van der Waals surface area contributed by atoms with Gasteiger partial charge in [-0.15, -0.1) is 0 Å². The summed E-state index contributed by atoms with van der Waals surface area (Å²) in [4.78, 5) is 47.9. The molecular formula is C13H17N5O4S. The Morgan fingerprint density at radius 2 is 2.30 bits per heavy atom. The van der Waals surface area contributed by atoms with Crippen LogP contribution >= 0.6 is 11.8 Å². The Kier molecular flexibility index (Phi) is 5.37. The lowest BCUT2D eigenvalue weighted by atomic mass is 10.3. The minimum absolute atomic E-state index is 0.0294. The van der Waals surface area contributed by atoms with Crippen LogP contribution in [0.3, 0.4) is 0 Å². The van der Waals surface area contributed by atoms with Crippen molar-refractivity contribution in [2.75, 3.05) is 20.7 Å². The van der Waals surface area contributed by atoms with Gasteiger partial charge in [0.15, 0.2) is 16.7 Å². The molecule has 0 saturated carbocycles. The average Bonchev–Trinajstić information content (AvgIpc) is 3.12. The number of methoxy groups -OCH3 is 1. The molecule has 10 heteroatoms. The molecule has 1 aromatic rings. The standard InChI is InChI=1S/C13H17N5O4S/c1-4-18-12(21)7(5-8(19)22-3)23-13(18)17-10-9(11(20)14-2)15-6-16-10/h6-7H,4-5H2,1-3H3,(H,14,20)(H,15,16)/b17-13-. The van der Waals surface area contributed by atoms with Gasteiger partial charge >= 0.3 is 5.97 Å². The molecule has 2 amide bonds. The van der Waals surface area contributed by atoms with E-state index in [4.69, 9.17) is 0 Å². The molecule has 1 unspecified atom stereocenters. The van der Waals surface area contributed by atoms with E-state index in [2.05, 4.69) is 25.0 Å². The zero-order valence-electron chi connectivity index (χ0n) is 13.0. The predicted molar refractivity (Wildman–Crippen MR) is 84.5 cm³/mol. The van der Waals surface area contributed by atoms with E-state index >= 15 is 0 Å². The molecule has 0 radical (unpaired) electrons. The summed E-state index contributed by atoms with van der Waals surface area (Å²) in [6, 6.07) is 0. The molecule has 0 bridgehead atoms. The van der Waals surface area contributed by atoms with Crippen molar-refractivity contribution in [3.63, 3.8) is 0 Å². The Hall–Kier alpha value is -2.36. The number of amidine groups is 1. The molecule has 2 N–H and O–H groups in total. The lowest BCUT2D eigenvalue weighted by Gasteiger charge is -2.12. The zero-order valence-corrected chi connectivity index (χ0v) is 13.8. The van der Waals surface area contributed by atoms with Crippen LogP contribution in [-0.2, 0) is 14.3 Å². The molecule has 1 aromatic heterocycles. The number of nitrogens with zero attached hydrogens (tertiary/aromatic N) is 3. The summed E-state index contributed by atoms with van der Waals surface area (Å²) in [5.74, 6) is -0.834. The van der Waals surface area contributed by atoms with Crippen molar-refractivity contribution in [2.24, 2.45) is 4.99 Å². The number of H-pyrrole nitrogens is 1. The second-order valence-corrected chi connectivity index (χ2v) is 5.71. The number of aromatic amines is 1. The van der Waals surface area contributed by atoms with Gasteiger partial charge in [-0.1, -0.05) is 11.8 Å². The van der Waals surface area contributed by atoms with Gasteiger partial charge in [0.05, 0.1) is 19.9 Å². The summed E-state index contributed by atoms with van der Waals surface area (Å²) in [6.45, 7) is 2.21. The number of ether oxygens (including phenoxy) is 1. The fourth-order valence-corrected chi connectivity index (χ4v) is 3.19. The maximum Gasteiger partial charge on any atom is 0.307 e. The number of carbonyl (C=O) groups is 3. The van der Waals surface area contributed by atoms with Gasteiger partial charge in [-0.2, -0.15) is 0 Å². The number of thioether (sulfide) groups is 1. The summed E-state index contributed by atoms with van der Waals surface area (Å²) in [6.07, 6.45) is 1.33. The maximum absolute atomic E-state index is 12.3. The number of rotatable bonds is 5. The first-order chi connectivity index (χ1) is 11.0. The van der Waals surface area contributed by atoms with E-state index in [1.807, 2.05) is 0 Å². The lowest BCUT2D eigenvalue weighted by molar-refractivity contribution is -0.142. The predicted octanol–water partition coefficient (Wildman–Crippen LogP) is 0.284. The number of carbonyl (C=O) groups excluding carboxylic acids is 3. The molecular weight excluding hydrogens is 322 g/mol. The highest BCUT2D eigenvalue weighted by Crippen LogP contribution is 2.31. The van der Waals surface area contributed by atoms with Gasteiger partial charge in [0.25, 0.3) is 5.91 Å². The first-order valence-corrected chi connectivity index (χ1v) is 7.78. The normalized spacial score (nSPS) is 19.3. The number of amides is 2. The van der Waals surface area contributed by atoms with Gasteiger partial charge in [-0.05, 0) is 6.92 Å². The summed E-state index contributed by atoms with van der Waals surface area (Å²) in [5.41, 5.74) is 0.209. The first-order valence-electron chi connectivity index (χ1n) is 6.90. The largest absolute Gasteiger partial charge is 0.469 e. The van der Waals surface area contributed by atoms with Gasteiger partial charge in [-0.3, -0.25) is 19.3 Å². The lowest BCUT2D eigenvalue weighted by Crippen LogP contribution is -2.32. The van der Waals surface area contributed by atoms with Crippen molar-refractivity contribution < 1.29 is 19.1 Å². The van der Waals surface area contributed by atoms with Gasteiger partial charge in [0, 0.05) is 13.6 Å². The SMILES string of the molecule is CCN1C(=O)C(CC(=O)OC)S/C1=N\c1nc[nH]c1C(=O)NC. The van der Waals surface area contributed by atoms with Gasteiger partial charge in [-0.25, -0.2) is 9.98 Å². The van der Waals surface area contributed by atoms with Crippen LogP contribution in [-0.4, -0.2) is 63.8 Å². The molecule has 124 valence electrons. The van der Waals surface area contributed by atoms with Crippen molar-refractivity contribution in [3.8, 4) is 0 Å². The third-order valence-electron chi connectivity index (χ3n) is 3.19. The highest BCUT2D eigenvalue weighted by atomic mass is 32.2. The van der Waals surface area contributed by atoms with E-state index < -0.39 is 11.2 Å². The van der Waals surface area contributed by atoms with Crippen LogP contribution in [0.4, 0.5) is 5.82 Å². The van der Waals surface area contributed by atoms with Gasteiger partial charge in [0.1, 0.15) is 5.25 Å². The molecule has 1 aliphatic heterocycles. The van der Waals surface area contributed by atoms with Gasteiger partial charge in [0.2, 0.25) is 5.91 Å². The highest BCUT2D eigenvalue weighted by Gasteiger charge is 2.38. The van der Waals surface area contributed by atoms with E-state index in [0.29, 0.717) is 11.7 Å². The third-order valence-corrected chi connectivity index (χ3v) is 4.37. The molecule has 0 aliphatic carbocycles. The maximum atomic E-state index is 12.3. The van der Waals surface area contributed by atoms with Crippen LogP contribution < -0.4 is 5.32 Å². The van der Waals surface area contributed by atoms with Crippen molar-refractivity contribution in [2.45, 2.75) is 18.6 Å². The van der Waals surface area contributed by atoms with Crippen LogP contribution in [0.2, 0.25) is 0 Å². The Labute approximate surface area is 136 Å². The molecule has 1 fully saturated rings. The number of hydrogen-bond acceptors (Lipinski definition) is 7. The Morgan fingerprint density at radius 1 is 1.57 bits per heavy atom. The molecule has 0 aromatic carbocycles. The van der Waals surface area contributed by atoms with E-state index in [0.717, 1.165) is 11.8 Å². The Balaban J connectivity index is 2.28. The van der Waals surface area contributed by atoms with Crippen LogP contribution in [0.25, 0.3) is 0 Å². The average molecular weight is 339 g/mol. The molecule has 23 heavy (non-hydrogen) atoms. The number of imidazole rings is 1. The summed E-state index contributed by atoms with van der Waals surface area (Å²) < 4.78 is 4.60. The number of esters is 1. The molecule has 2 heterocycles. The van der Waals surface area contributed by atoms with E-state index in [1.54, 1.807) is 6.92 Å². The summed E-state index contributed by atoms with van der Waals surface area (Å²) in [5, 5.41) is 2.31. The van der Waals surface area contributed by atoms with Crippen LogP contribution in [0.5, 0.6) is 0 Å². The number of aliphatic imine (C=N–C) groups is 1. The number of aromatic nitrogens is 2. The minimum atomic E-state index is -0.580. The van der Waals surface area contributed by atoms with Crippen molar-refractivity contribution >= 4 is 40.5 Å². The summed E-state index contributed by atoms with van der Waals surface area (Å²) in [7, 11) is 2.77. The number of nitrogens with one attached hydrogen (secondary N) is 2. The topological polar surface area (TPSA) is 117 Å². The van der Waals surface area contributed by atoms with E-state index in [1.165, 1.54) is 25.4 Å². The number of hydrogen-bond donors (Lipinski definition) is 2. The zero-order chi connectivity index (χ0) is 17.0. The molecule has 0 spiro atoms. The van der Waals surface area contributed by atoms with E-state index in [-0.39, 0.29) is 29.7 Å². The molecule has 1 aliphatic rings. The molecule has 1 saturated heterocycles. The quantitative estimate of drug-likeness (QED) is 0.745. The first kappa shape index (κ1) is 17.0. The van der Waals surface area contributed by atoms with Crippen molar-refractivity contribution in [1.82, 2.24) is 20.2 Å². The highest BCUT2D eigenvalue weighted by molar-refractivity contribution is 8.15. The van der Waals surface area contributed by atoms with Crippen LogP contribution in [0.1, 0.15) is 23.8 Å². The molecule has 2 rings (SSSR count). The fraction of sp³-hybridized carbons (Fsp3) is 0.462. The Bertz CT molecular complexity index is 657. The third kappa shape index (κ3) is 3.52. The minimum Gasteiger partial charge on any atom is -0.469 e. The smallest absolute Gasteiger partial charge is 0.307 e. The molecule has 9 nitrogen and oxygen atoms in total.